The first-order valence-electron chi connectivity index (χ1n) is 7.64. The molecule has 0 spiro atoms. The third kappa shape index (κ3) is 4.70. The Hall–Kier alpha value is -1.63. The Morgan fingerprint density at radius 3 is 2.71 bits per heavy atom. The fourth-order valence-corrected chi connectivity index (χ4v) is 2.22. The van der Waals surface area contributed by atoms with Crippen LogP contribution in [0.4, 0.5) is 11.9 Å². The molecule has 1 aromatic heterocycles. The number of hydrogen-bond donors (Lipinski definition) is 2. The third-order valence-electron chi connectivity index (χ3n) is 3.27. The number of anilines is 2. The highest BCUT2D eigenvalue weighted by molar-refractivity contribution is 5.38. The Morgan fingerprint density at radius 1 is 1.24 bits per heavy atom. The summed E-state index contributed by atoms with van der Waals surface area (Å²) >= 11 is 0. The van der Waals surface area contributed by atoms with Crippen LogP contribution in [-0.4, -0.2) is 46.9 Å². The summed E-state index contributed by atoms with van der Waals surface area (Å²) < 4.78 is 11.0. The quantitative estimate of drug-likeness (QED) is 0.797. The number of nitrogens with one attached hydrogen (secondary N) is 2. The van der Waals surface area contributed by atoms with Crippen LogP contribution in [0.1, 0.15) is 40.0 Å². The predicted octanol–water partition coefficient (Wildman–Crippen LogP) is 2.07. The van der Waals surface area contributed by atoms with Gasteiger partial charge in [-0.1, -0.05) is 6.92 Å². The molecule has 0 amide bonds. The van der Waals surface area contributed by atoms with Crippen molar-refractivity contribution in [1.29, 1.82) is 0 Å². The Bertz CT molecular complexity index is 449. The van der Waals surface area contributed by atoms with Gasteiger partial charge in [0.2, 0.25) is 11.9 Å². The van der Waals surface area contributed by atoms with Crippen LogP contribution in [-0.2, 0) is 4.74 Å². The fourth-order valence-electron chi connectivity index (χ4n) is 2.22. The summed E-state index contributed by atoms with van der Waals surface area (Å²) in [5.41, 5.74) is -0.148. The molecule has 0 aliphatic carbocycles. The minimum atomic E-state index is -0.148. The second-order valence-corrected chi connectivity index (χ2v) is 5.47. The minimum absolute atomic E-state index is 0.148. The summed E-state index contributed by atoms with van der Waals surface area (Å²) in [5.74, 6) is 1.07. The normalized spacial score (nSPS) is 21.9. The summed E-state index contributed by atoms with van der Waals surface area (Å²) in [7, 11) is 0. The monoisotopic (exact) mass is 295 g/mol. The molecule has 2 rings (SSSR count). The van der Waals surface area contributed by atoms with Gasteiger partial charge in [0, 0.05) is 13.2 Å². The van der Waals surface area contributed by atoms with Gasteiger partial charge >= 0.3 is 6.01 Å². The molecule has 1 unspecified atom stereocenters. The summed E-state index contributed by atoms with van der Waals surface area (Å²) in [6.07, 6.45) is 3.07. The van der Waals surface area contributed by atoms with Crippen molar-refractivity contribution in [2.45, 2.75) is 45.6 Å². The van der Waals surface area contributed by atoms with Gasteiger partial charge in [-0.05, 0) is 33.1 Å². The molecule has 1 fully saturated rings. The number of aromatic nitrogens is 3. The van der Waals surface area contributed by atoms with Gasteiger partial charge in [0.15, 0.2) is 0 Å². The molecule has 0 saturated carbocycles. The highest BCUT2D eigenvalue weighted by Crippen LogP contribution is 2.23. The molecular formula is C14H25N5O2. The van der Waals surface area contributed by atoms with Crippen molar-refractivity contribution in [3.05, 3.63) is 0 Å². The molecule has 2 N–H and O–H groups in total. The molecule has 1 saturated heterocycles. The maximum atomic E-state index is 5.55. The van der Waals surface area contributed by atoms with E-state index in [-0.39, 0.29) is 5.54 Å². The standard InChI is InChI=1S/C14H25N5O2/c1-4-8-15-11-16-12(18-13(17-11)21-5-2)19-14(3)7-6-9-20-10-14/h4-10H2,1-3H3,(H2,15,16,17,18,19). The molecule has 2 heterocycles. The van der Waals surface area contributed by atoms with Crippen LogP contribution in [0.5, 0.6) is 6.01 Å². The summed E-state index contributed by atoms with van der Waals surface area (Å²) in [4.78, 5) is 13.0. The van der Waals surface area contributed by atoms with Crippen molar-refractivity contribution in [2.24, 2.45) is 0 Å². The fraction of sp³-hybridized carbons (Fsp3) is 0.786. The molecule has 1 aliphatic rings. The van der Waals surface area contributed by atoms with Crippen molar-refractivity contribution < 1.29 is 9.47 Å². The molecule has 0 aromatic carbocycles. The van der Waals surface area contributed by atoms with Gasteiger partial charge in [0.1, 0.15) is 0 Å². The first-order valence-corrected chi connectivity index (χ1v) is 7.64. The summed E-state index contributed by atoms with van der Waals surface area (Å²) in [5, 5.41) is 6.54. The highest BCUT2D eigenvalue weighted by atomic mass is 16.5. The summed E-state index contributed by atoms with van der Waals surface area (Å²) in [6.45, 7) is 8.94. The number of hydrogen-bond acceptors (Lipinski definition) is 7. The Balaban J connectivity index is 2.14. The zero-order chi connectivity index (χ0) is 15.1. The molecular weight excluding hydrogens is 270 g/mol. The number of rotatable bonds is 7. The van der Waals surface area contributed by atoms with Gasteiger partial charge in [0.05, 0.1) is 18.8 Å². The predicted molar refractivity (Wildman–Crippen MR) is 81.9 cm³/mol. The largest absolute Gasteiger partial charge is 0.464 e. The smallest absolute Gasteiger partial charge is 0.323 e. The lowest BCUT2D eigenvalue weighted by atomic mass is 9.95. The average Bonchev–Trinajstić information content (AvgIpc) is 2.45. The second-order valence-electron chi connectivity index (χ2n) is 5.47. The van der Waals surface area contributed by atoms with Crippen molar-refractivity contribution in [1.82, 2.24) is 15.0 Å². The maximum absolute atomic E-state index is 5.55. The molecule has 0 radical (unpaired) electrons. The number of ether oxygens (including phenoxy) is 2. The number of nitrogens with zero attached hydrogens (tertiary/aromatic N) is 3. The van der Waals surface area contributed by atoms with E-state index >= 15 is 0 Å². The van der Waals surface area contributed by atoms with Crippen molar-refractivity contribution in [2.75, 3.05) is 37.0 Å². The van der Waals surface area contributed by atoms with Gasteiger partial charge in [-0.2, -0.15) is 15.0 Å². The van der Waals surface area contributed by atoms with Crippen molar-refractivity contribution in [3.63, 3.8) is 0 Å². The van der Waals surface area contributed by atoms with Gasteiger partial charge < -0.3 is 20.1 Å². The third-order valence-corrected chi connectivity index (χ3v) is 3.27. The van der Waals surface area contributed by atoms with Crippen LogP contribution in [0.15, 0.2) is 0 Å². The molecule has 21 heavy (non-hydrogen) atoms. The van der Waals surface area contributed by atoms with E-state index in [2.05, 4.69) is 39.4 Å². The van der Waals surface area contributed by atoms with Crippen molar-refractivity contribution in [3.8, 4) is 6.01 Å². The van der Waals surface area contributed by atoms with Crippen LogP contribution < -0.4 is 15.4 Å². The molecule has 1 atom stereocenters. The van der Waals surface area contributed by atoms with E-state index in [0.717, 1.165) is 32.4 Å². The van der Waals surface area contributed by atoms with Gasteiger partial charge in [-0.15, -0.1) is 0 Å². The SMILES string of the molecule is CCCNc1nc(NC2(C)CCCOC2)nc(OCC)n1. The lowest BCUT2D eigenvalue weighted by molar-refractivity contribution is 0.0537. The molecule has 0 bridgehead atoms. The lowest BCUT2D eigenvalue weighted by Gasteiger charge is -2.34. The topological polar surface area (TPSA) is 81.2 Å². The Kier molecular flexibility index (Phi) is 5.55. The van der Waals surface area contributed by atoms with E-state index in [0.29, 0.717) is 31.1 Å². The first kappa shape index (κ1) is 15.8. The lowest BCUT2D eigenvalue weighted by Crippen LogP contribution is -2.43. The van der Waals surface area contributed by atoms with E-state index in [9.17, 15) is 0 Å². The zero-order valence-corrected chi connectivity index (χ0v) is 13.1. The molecule has 1 aromatic rings. The van der Waals surface area contributed by atoms with Gasteiger partial charge in [0.25, 0.3) is 0 Å². The molecule has 7 heteroatoms. The van der Waals surface area contributed by atoms with Gasteiger partial charge in [-0.3, -0.25) is 0 Å². The van der Waals surface area contributed by atoms with E-state index in [1.165, 1.54) is 0 Å². The zero-order valence-electron chi connectivity index (χ0n) is 13.1. The highest BCUT2D eigenvalue weighted by Gasteiger charge is 2.28. The van der Waals surface area contributed by atoms with Crippen LogP contribution in [0.25, 0.3) is 0 Å². The van der Waals surface area contributed by atoms with E-state index in [4.69, 9.17) is 9.47 Å². The molecule has 7 nitrogen and oxygen atoms in total. The molecule has 118 valence electrons. The summed E-state index contributed by atoms with van der Waals surface area (Å²) in [6, 6.07) is 0.342. The minimum Gasteiger partial charge on any atom is -0.464 e. The maximum Gasteiger partial charge on any atom is 0.323 e. The van der Waals surface area contributed by atoms with E-state index in [1.54, 1.807) is 0 Å². The average molecular weight is 295 g/mol. The van der Waals surface area contributed by atoms with Crippen LogP contribution >= 0.6 is 0 Å². The van der Waals surface area contributed by atoms with Gasteiger partial charge in [-0.25, -0.2) is 0 Å². The second kappa shape index (κ2) is 7.40. The van der Waals surface area contributed by atoms with Crippen LogP contribution in [0.2, 0.25) is 0 Å². The Labute approximate surface area is 125 Å². The first-order chi connectivity index (χ1) is 10.1. The van der Waals surface area contributed by atoms with E-state index in [1.807, 2.05) is 6.92 Å². The van der Waals surface area contributed by atoms with Crippen LogP contribution in [0.3, 0.4) is 0 Å². The Morgan fingerprint density at radius 2 is 2.05 bits per heavy atom. The van der Waals surface area contributed by atoms with Crippen LogP contribution in [0, 0.1) is 0 Å². The molecule has 1 aliphatic heterocycles. The van der Waals surface area contributed by atoms with E-state index < -0.39 is 0 Å². The van der Waals surface area contributed by atoms with Crippen molar-refractivity contribution >= 4 is 11.9 Å².